The Morgan fingerprint density at radius 2 is 1.68 bits per heavy atom. The summed E-state index contributed by atoms with van der Waals surface area (Å²) in [6, 6.07) is 3.95. The maximum absolute atomic E-state index is 14.7. The number of nitrogens with two attached hydrogens (primary N) is 1. The van der Waals surface area contributed by atoms with E-state index in [4.69, 9.17) is 10.5 Å². The second-order valence-electron chi connectivity index (χ2n) is 21.4. The molecule has 426 valence electrons. The number of hydrogen-bond acceptors (Lipinski definition) is 13. The number of likely N-dealkylation sites (tertiary alicyclic amines) is 1. The van der Waals surface area contributed by atoms with Gasteiger partial charge in [-0.1, -0.05) is 73.1 Å². The minimum absolute atomic E-state index is 0.0481. The number of aliphatic carboxylic acids is 1. The van der Waals surface area contributed by atoms with E-state index in [1.807, 2.05) is 46.6 Å². The number of unbranched alkanes of at least 4 members (excludes halogenated alkanes) is 3. The predicted molar refractivity (Wildman–Crippen MR) is 298 cm³/mol. The van der Waals surface area contributed by atoms with Crippen LogP contribution in [0.15, 0.2) is 54.1 Å². The Hall–Kier alpha value is -5.99. The van der Waals surface area contributed by atoms with Crippen LogP contribution in [0.1, 0.15) is 160 Å². The fourth-order valence-corrected chi connectivity index (χ4v) is 10.7. The number of carboxylic acids is 1. The molecule has 77 heavy (non-hydrogen) atoms. The first-order valence-electron chi connectivity index (χ1n) is 27.6. The van der Waals surface area contributed by atoms with E-state index in [2.05, 4.69) is 39.8 Å². The Bertz CT molecular complexity index is 2340. The summed E-state index contributed by atoms with van der Waals surface area (Å²) in [5, 5.41) is 23.7. The van der Waals surface area contributed by atoms with Crippen molar-refractivity contribution < 1.29 is 48.2 Å². The molecule has 0 bridgehead atoms. The van der Waals surface area contributed by atoms with Gasteiger partial charge in [0.05, 0.1) is 12.0 Å². The molecule has 4 rings (SSSR count). The summed E-state index contributed by atoms with van der Waals surface area (Å²) < 4.78 is 5.88. The van der Waals surface area contributed by atoms with Crippen molar-refractivity contribution in [3.8, 4) is 0 Å². The van der Waals surface area contributed by atoms with E-state index in [1.165, 1.54) is 13.0 Å². The Morgan fingerprint density at radius 1 is 0.961 bits per heavy atom. The average molecular weight is 1090 g/mol. The van der Waals surface area contributed by atoms with Gasteiger partial charge >= 0.3 is 11.9 Å². The van der Waals surface area contributed by atoms with Gasteiger partial charge in [-0.15, -0.1) is 11.3 Å². The average Bonchev–Trinajstić information content (AvgIpc) is 4.01. The van der Waals surface area contributed by atoms with Gasteiger partial charge in [0.2, 0.25) is 23.6 Å². The number of ether oxygens (including phenoxy) is 1. The maximum Gasteiger partial charge on any atom is 0.306 e. The Labute approximate surface area is 459 Å². The van der Waals surface area contributed by atoms with Crippen molar-refractivity contribution in [3.63, 3.8) is 0 Å². The highest BCUT2D eigenvalue weighted by Crippen LogP contribution is 2.32. The fraction of sp³-hybridized carbons (Fsp3) is 0.632. The number of benzene rings is 1. The van der Waals surface area contributed by atoms with E-state index in [9.17, 15) is 43.5 Å². The molecule has 19 nitrogen and oxygen atoms in total. The lowest BCUT2D eigenvalue weighted by molar-refractivity contribution is -0.149. The number of anilines is 1. The third-order valence-electron chi connectivity index (χ3n) is 14.8. The van der Waals surface area contributed by atoms with Crippen molar-refractivity contribution >= 4 is 64.4 Å². The van der Waals surface area contributed by atoms with E-state index in [0.29, 0.717) is 86.9 Å². The number of carbonyl (C=O) groups is 8. The molecule has 1 aromatic carbocycles. The number of aromatic nitrogens is 1. The maximum atomic E-state index is 14.7. The molecule has 9 atom stereocenters. The van der Waals surface area contributed by atoms with Crippen LogP contribution in [0.4, 0.5) is 5.69 Å². The summed E-state index contributed by atoms with van der Waals surface area (Å²) in [4.78, 5) is 116. The molecule has 0 aliphatic carbocycles. The van der Waals surface area contributed by atoms with Crippen molar-refractivity contribution in [1.29, 1.82) is 0 Å². The lowest BCUT2D eigenvalue weighted by atomic mass is 9.90. The molecule has 1 saturated heterocycles. The normalized spacial score (nSPS) is 18.4. The van der Waals surface area contributed by atoms with Crippen LogP contribution >= 0.6 is 11.3 Å². The summed E-state index contributed by atoms with van der Waals surface area (Å²) >= 11 is 1.14. The highest BCUT2D eigenvalue weighted by molar-refractivity contribution is 7.09. The number of hydrogen-bond donors (Lipinski definition) is 6. The van der Waals surface area contributed by atoms with Gasteiger partial charge in [0, 0.05) is 67.8 Å². The number of amides is 6. The molecule has 7 N–H and O–H groups in total. The van der Waals surface area contributed by atoms with Gasteiger partial charge in [-0.2, -0.15) is 0 Å². The zero-order valence-electron chi connectivity index (χ0n) is 46.9. The molecule has 3 heterocycles. The van der Waals surface area contributed by atoms with E-state index in [-0.39, 0.29) is 78.8 Å². The molecule has 1 fully saturated rings. The van der Waals surface area contributed by atoms with Crippen LogP contribution in [-0.4, -0.2) is 136 Å². The molecule has 2 aromatic rings. The number of thiazole rings is 1. The van der Waals surface area contributed by atoms with E-state index in [1.54, 1.807) is 52.4 Å². The highest BCUT2D eigenvalue weighted by atomic mass is 32.1. The molecule has 0 radical (unpaired) electrons. The number of nitrogens with zero attached hydrogens (tertiary/aromatic N) is 4. The first kappa shape index (κ1) is 63.5. The van der Waals surface area contributed by atoms with Crippen molar-refractivity contribution in [1.82, 2.24) is 35.6 Å². The number of allylic oxidation sites excluding steroid dienone is 1. The summed E-state index contributed by atoms with van der Waals surface area (Å²) in [6.07, 6.45) is 9.06. The monoisotopic (exact) mass is 1090 g/mol. The minimum atomic E-state index is -1.03. The third-order valence-corrected chi connectivity index (χ3v) is 15.7. The van der Waals surface area contributed by atoms with E-state index in [0.717, 1.165) is 36.3 Å². The largest absolute Gasteiger partial charge is 0.481 e. The van der Waals surface area contributed by atoms with Crippen LogP contribution in [0.3, 0.4) is 0 Å². The lowest BCUT2D eigenvalue weighted by Gasteiger charge is -2.40. The molecule has 6 amide bonds. The molecule has 1 aromatic heterocycles. The van der Waals surface area contributed by atoms with Crippen LogP contribution in [0.25, 0.3) is 0 Å². The van der Waals surface area contributed by atoms with Crippen LogP contribution in [0, 0.1) is 23.7 Å². The molecule has 0 unspecified atom stereocenters. The standard InChI is InChI=1S/C57H87N9O10S/c1-11-37(6)51(63-54(72)47-30-36(5)26-29-64(47)10)56(73)65(12-2)46(35(3)4)33-48(76-40(9)67)55-62-45(34-77-55)53(71)60-43(31-38(7)57(74)75)32-41-21-23-42(24-22-41)59-52(70)44(18-15-16-27-58)61-49(68)19-14-13-17-28-66-39(8)20-25-50(66)69/h20-25,34-38,43-44,46-48,51H,8,11-19,26-33,58H2,1-7,9-10H3,(H,59,70)(H,60,71)(H,61,68)(H,63,72)(H,74,75)/t36-,37+,38+,43-,44+,46-,47-,48-,51+/m1/s1. The molecule has 2 aliphatic rings. The van der Waals surface area contributed by atoms with Crippen LogP contribution in [0.2, 0.25) is 0 Å². The highest BCUT2D eigenvalue weighted by Gasteiger charge is 2.39. The Balaban J connectivity index is 1.44. The van der Waals surface area contributed by atoms with Gasteiger partial charge in [0.15, 0.2) is 6.10 Å². The number of piperidine rings is 1. The van der Waals surface area contributed by atoms with Gasteiger partial charge in [-0.05, 0) is 126 Å². The second-order valence-corrected chi connectivity index (χ2v) is 22.3. The summed E-state index contributed by atoms with van der Waals surface area (Å²) in [5.41, 5.74) is 7.65. The SMILES string of the molecule is C=C1C=CC(=O)N1CCCCCC(=O)N[C@@H](CCCCN)C(=O)Nc1ccc(C[C@@H](C[C@H](C)C(=O)O)NC(=O)c2csc([C@@H](C[C@H](C(C)C)N(CC)C(=O)[C@@H](NC(=O)[C@H]3C[C@H](C)CCN3C)[C@@H](C)CC)OC(C)=O)n2)cc1. The second kappa shape index (κ2) is 31.4. The van der Waals surface area contributed by atoms with Gasteiger partial charge in [0.25, 0.3) is 11.8 Å². The summed E-state index contributed by atoms with van der Waals surface area (Å²) in [6.45, 7) is 20.8. The number of esters is 1. The van der Waals surface area contributed by atoms with Crippen molar-refractivity contribution in [2.75, 3.05) is 38.5 Å². The molecular formula is C57H87N9O10S. The van der Waals surface area contributed by atoms with Crippen LogP contribution in [0.5, 0.6) is 0 Å². The van der Waals surface area contributed by atoms with E-state index < -0.39 is 54.0 Å². The van der Waals surface area contributed by atoms with Crippen molar-refractivity contribution in [2.45, 2.75) is 175 Å². The molecular weight excluding hydrogens is 1000 g/mol. The molecule has 0 spiro atoms. The first-order chi connectivity index (χ1) is 36.6. The smallest absolute Gasteiger partial charge is 0.306 e. The van der Waals surface area contributed by atoms with Crippen molar-refractivity contribution in [2.24, 2.45) is 29.4 Å². The van der Waals surface area contributed by atoms with Gasteiger partial charge in [-0.3, -0.25) is 43.3 Å². The van der Waals surface area contributed by atoms with Crippen LogP contribution < -0.4 is 27.0 Å². The summed E-state index contributed by atoms with van der Waals surface area (Å²) in [7, 11) is 1.94. The zero-order valence-corrected chi connectivity index (χ0v) is 47.8. The zero-order chi connectivity index (χ0) is 56.9. The molecule has 0 saturated carbocycles. The fourth-order valence-electron chi connectivity index (χ4n) is 9.87. The number of carboxylic acid groups (broad SMARTS) is 1. The molecule has 20 heteroatoms. The number of likely N-dealkylation sites (N-methyl/N-ethyl adjacent to an activating group) is 2. The Kier molecular flexibility index (Phi) is 25.9. The van der Waals surface area contributed by atoms with Gasteiger partial charge in [0.1, 0.15) is 22.8 Å². The van der Waals surface area contributed by atoms with Gasteiger partial charge < -0.3 is 46.6 Å². The van der Waals surface area contributed by atoms with Crippen LogP contribution in [-0.2, 0) is 44.7 Å². The number of rotatable bonds is 32. The first-order valence-corrected chi connectivity index (χ1v) is 28.5. The predicted octanol–water partition coefficient (Wildman–Crippen LogP) is 6.75. The molecule has 2 aliphatic heterocycles. The summed E-state index contributed by atoms with van der Waals surface area (Å²) in [5.74, 6) is -3.96. The van der Waals surface area contributed by atoms with E-state index >= 15 is 0 Å². The number of nitrogens with one attached hydrogen (secondary N) is 4. The lowest BCUT2D eigenvalue weighted by Crippen LogP contribution is -2.59. The van der Waals surface area contributed by atoms with Crippen molar-refractivity contribution in [3.05, 3.63) is 70.3 Å². The number of carbonyl (C=O) groups excluding carboxylic acids is 7. The Morgan fingerprint density at radius 3 is 2.29 bits per heavy atom. The third kappa shape index (κ3) is 19.8. The minimum Gasteiger partial charge on any atom is -0.481 e. The topological polar surface area (TPSA) is 263 Å². The van der Waals surface area contributed by atoms with Gasteiger partial charge in [-0.25, -0.2) is 4.98 Å². The quantitative estimate of drug-likeness (QED) is 0.0328.